The number of hydrogen-bond acceptors (Lipinski definition) is 2. The van der Waals surface area contributed by atoms with Crippen molar-refractivity contribution in [3.05, 3.63) is 0 Å². The first kappa shape index (κ1) is 14.5. The molecule has 3 heteroatoms. The standard InChI is InChI=1S/C14H27NO2/c1-11(10-16)9-15-8-7-12(14(2,3)4)5-6-13(15)17/h11-12,16H,5-10H2,1-4H3. The maximum Gasteiger partial charge on any atom is 0.222 e. The minimum Gasteiger partial charge on any atom is -0.396 e. The van der Waals surface area contributed by atoms with E-state index in [2.05, 4.69) is 20.8 Å². The van der Waals surface area contributed by atoms with Crippen LogP contribution in [-0.4, -0.2) is 35.6 Å². The lowest BCUT2D eigenvalue weighted by Crippen LogP contribution is -2.35. The summed E-state index contributed by atoms with van der Waals surface area (Å²) in [7, 11) is 0. The van der Waals surface area contributed by atoms with Crippen molar-refractivity contribution >= 4 is 5.91 Å². The molecule has 1 N–H and O–H groups in total. The lowest BCUT2D eigenvalue weighted by Gasteiger charge is -2.30. The van der Waals surface area contributed by atoms with Crippen molar-refractivity contribution in [1.82, 2.24) is 4.90 Å². The average Bonchev–Trinajstić information content (AvgIpc) is 2.41. The van der Waals surface area contributed by atoms with E-state index in [-0.39, 0.29) is 18.4 Å². The van der Waals surface area contributed by atoms with Crippen molar-refractivity contribution in [2.45, 2.75) is 47.0 Å². The Kier molecular flexibility index (Phi) is 4.99. The molecule has 2 atom stereocenters. The molecule has 0 aliphatic carbocycles. The Balaban J connectivity index is 2.58. The van der Waals surface area contributed by atoms with Crippen molar-refractivity contribution < 1.29 is 9.90 Å². The van der Waals surface area contributed by atoms with E-state index in [0.717, 1.165) is 19.4 Å². The van der Waals surface area contributed by atoms with Crippen LogP contribution < -0.4 is 0 Å². The molecule has 0 saturated carbocycles. The number of nitrogens with zero attached hydrogens (tertiary/aromatic N) is 1. The molecule has 1 aliphatic heterocycles. The second kappa shape index (κ2) is 5.85. The predicted octanol–water partition coefficient (Wildman–Crippen LogP) is 2.29. The predicted molar refractivity (Wildman–Crippen MR) is 69.6 cm³/mol. The van der Waals surface area contributed by atoms with Crippen LogP contribution in [0, 0.1) is 17.3 Å². The van der Waals surface area contributed by atoms with Gasteiger partial charge in [-0.15, -0.1) is 0 Å². The fourth-order valence-corrected chi connectivity index (χ4v) is 2.53. The monoisotopic (exact) mass is 241 g/mol. The number of aliphatic hydroxyl groups is 1. The van der Waals surface area contributed by atoms with Crippen LogP contribution in [0.4, 0.5) is 0 Å². The molecule has 1 heterocycles. The number of rotatable bonds is 3. The van der Waals surface area contributed by atoms with Gasteiger partial charge in [0.15, 0.2) is 0 Å². The van der Waals surface area contributed by atoms with Gasteiger partial charge in [0, 0.05) is 26.1 Å². The van der Waals surface area contributed by atoms with Gasteiger partial charge in [-0.1, -0.05) is 27.7 Å². The smallest absolute Gasteiger partial charge is 0.222 e. The number of hydrogen-bond donors (Lipinski definition) is 1. The third-order valence-corrected chi connectivity index (χ3v) is 3.88. The fourth-order valence-electron chi connectivity index (χ4n) is 2.53. The summed E-state index contributed by atoms with van der Waals surface area (Å²) >= 11 is 0. The molecule has 3 nitrogen and oxygen atoms in total. The van der Waals surface area contributed by atoms with Gasteiger partial charge in [0.25, 0.3) is 0 Å². The van der Waals surface area contributed by atoms with Gasteiger partial charge < -0.3 is 10.0 Å². The number of likely N-dealkylation sites (tertiary alicyclic amines) is 1. The summed E-state index contributed by atoms with van der Waals surface area (Å²) < 4.78 is 0. The van der Waals surface area contributed by atoms with Crippen molar-refractivity contribution in [3.63, 3.8) is 0 Å². The summed E-state index contributed by atoms with van der Waals surface area (Å²) in [6, 6.07) is 0. The molecular weight excluding hydrogens is 214 g/mol. The quantitative estimate of drug-likeness (QED) is 0.823. The molecule has 1 fully saturated rings. The van der Waals surface area contributed by atoms with Crippen LogP contribution in [0.3, 0.4) is 0 Å². The largest absolute Gasteiger partial charge is 0.396 e. The molecule has 0 bridgehead atoms. The highest BCUT2D eigenvalue weighted by Gasteiger charge is 2.30. The highest BCUT2D eigenvalue weighted by Crippen LogP contribution is 2.34. The molecule has 0 aromatic heterocycles. The van der Waals surface area contributed by atoms with E-state index in [1.165, 1.54) is 0 Å². The van der Waals surface area contributed by atoms with E-state index in [4.69, 9.17) is 5.11 Å². The lowest BCUT2D eigenvalue weighted by atomic mass is 9.77. The molecule has 1 amide bonds. The van der Waals surface area contributed by atoms with Crippen LogP contribution in [0.5, 0.6) is 0 Å². The maximum absolute atomic E-state index is 12.0. The van der Waals surface area contributed by atoms with E-state index in [1.807, 2.05) is 11.8 Å². The van der Waals surface area contributed by atoms with Crippen LogP contribution in [0.2, 0.25) is 0 Å². The Morgan fingerprint density at radius 3 is 2.59 bits per heavy atom. The number of amides is 1. The molecule has 1 aliphatic rings. The van der Waals surface area contributed by atoms with E-state index in [9.17, 15) is 4.79 Å². The maximum atomic E-state index is 12.0. The highest BCUT2D eigenvalue weighted by atomic mass is 16.3. The van der Waals surface area contributed by atoms with Crippen molar-refractivity contribution in [2.24, 2.45) is 17.3 Å². The SMILES string of the molecule is CC(CO)CN1CCC(C(C)(C)C)CCC1=O. The number of carbonyl (C=O) groups excluding carboxylic acids is 1. The Morgan fingerprint density at radius 1 is 1.41 bits per heavy atom. The Bertz CT molecular complexity index is 257. The average molecular weight is 241 g/mol. The summed E-state index contributed by atoms with van der Waals surface area (Å²) in [5.74, 6) is 1.07. The van der Waals surface area contributed by atoms with Gasteiger partial charge in [0.2, 0.25) is 5.91 Å². The minimum absolute atomic E-state index is 0.159. The molecule has 1 saturated heterocycles. The molecule has 0 aromatic carbocycles. The summed E-state index contributed by atoms with van der Waals surface area (Å²) in [5, 5.41) is 9.07. The van der Waals surface area contributed by atoms with Gasteiger partial charge in [0.05, 0.1) is 0 Å². The van der Waals surface area contributed by atoms with Crippen LogP contribution in [0.15, 0.2) is 0 Å². The zero-order valence-corrected chi connectivity index (χ0v) is 11.7. The van der Waals surface area contributed by atoms with Crippen LogP contribution >= 0.6 is 0 Å². The molecule has 0 aromatic rings. The van der Waals surface area contributed by atoms with Gasteiger partial charge in [0.1, 0.15) is 0 Å². The van der Waals surface area contributed by atoms with Crippen LogP contribution in [-0.2, 0) is 4.79 Å². The molecule has 0 spiro atoms. The number of carbonyl (C=O) groups is 1. The Hall–Kier alpha value is -0.570. The van der Waals surface area contributed by atoms with Gasteiger partial charge in [-0.2, -0.15) is 0 Å². The fraction of sp³-hybridized carbons (Fsp3) is 0.929. The first-order chi connectivity index (χ1) is 7.84. The third-order valence-electron chi connectivity index (χ3n) is 3.88. The molecular formula is C14H27NO2. The second-order valence-corrected chi connectivity index (χ2v) is 6.52. The van der Waals surface area contributed by atoms with Crippen LogP contribution in [0.25, 0.3) is 0 Å². The number of aliphatic hydroxyl groups excluding tert-OH is 1. The van der Waals surface area contributed by atoms with Crippen molar-refractivity contribution in [3.8, 4) is 0 Å². The van der Waals surface area contributed by atoms with E-state index in [1.54, 1.807) is 0 Å². The zero-order chi connectivity index (χ0) is 13.1. The lowest BCUT2D eigenvalue weighted by molar-refractivity contribution is -0.131. The van der Waals surface area contributed by atoms with Crippen molar-refractivity contribution in [1.29, 1.82) is 0 Å². The van der Waals surface area contributed by atoms with Gasteiger partial charge in [-0.05, 0) is 30.1 Å². The van der Waals surface area contributed by atoms with E-state index < -0.39 is 0 Å². The molecule has 1 rings (SSSR count). The molecule has 17 heavy (non-hydrogen) atoms. The topological polar surface area (TPSA) is 40.5 Å². The van der Waals surface area contributed by atoms with Gasteiger partial charge in [-0.25, -0.2) is 0 Å². The molecule has 100 valence electrons. The summed E-state index contributed by atoms with van der Waals surface area (Å²) in [5.41, 5.74) is 0.291. The van der Waals surface area contributed by atoms with E-state index in [0.29, 0.717) is 24.3 Å². The van der Waals surface area contributed by atoms with Crippen LogP contribution in [0.1, 0.15) is 47.0 Å². The Labute approximate surface area is 105 Å². The van der Waals surface area contributed by atoms with Gasteiger partial charge >= 0.3 is 0 Å². The van der Waals surface area contributed by atoms with E-state index >= 15 is 0 Å². The third kappa shape index (κ3) is 4.30. The molecule has 0 radical (unpaired) electrons. The van der Waals surface area contributed by atoms with Crippen molar-refractivity contribution in [2.75, 3.05) is 19.7 Å². The minimum atomic E-state index is 0.159. The highest BCUT2D eigenvalue weighted by molar-refractivity contribution is 5.76. The molecule has 2 unspecified atom stereocenters. The summed E-state index contributed by atoms with van der Waals surface area (Å²) in [6.07, 6.45) is 2.76. The first-order valence-corrected chi connectivity index (χ1v) is 6.73. The first-order valence-electron chi connectivity index (χ1n) is 6.73. The normalized spacial score (nSPS) is 24.6. The summed E-state index contributed by atoms with van der Waals surface area (Å²) in [4.78, 5) is 13.9. The Morgan fingerprint density at radius 2 is 2.06 bits per heavy atom. The second-order valence-electron chi connectivity index (χ2n) is 6.52. The summed E-state index contributed by atoms with van der Waals surface area (Å²) in [6.45, 7) is 10.5. The van der Waals surface area contributed by atoms with Gasteiger partial charge in [-0.3, -0.25) is 4.79 Å². The zero-order valence-electron chi connectivity index (χ0n) is 11.7.